The molecular weight excluding hydrogens is 446 g/mol. The predicted octanol–water partition coefficient (Wildman–Crippen LogP) is 3.11. The molecule has 33 heavy (non-hydrogen) atoms. The van der Waals surface area contributed by atoms with E-state index in [4.69, 9.17) is 19.3 Å². The quantitative estimate of drug-likeness (QED) is 0.393. The summed E-state index contributed by atoms with van der Waals surface area (Å²) >= 11 is 0. The number of sulfone groups is 1. The summed E-state index contributed by atoms with van der Waals surface area (Å²) in [5, 5.41) is 17.2. The van der Waals surface area contributed by atoms with Crippen LogP contribution in [0.3, 0.4) is 0 Å². The lowest BCUT2D eigenvalue weighted by molar-refractivity contribution is 0.0985. The summed E-state index contributed by atoms with van der Waals surface area (Å²) in [7, 11) is -0.767. The molecule has 3 aromatic carbocycles. The van der Waals surface area contributed by atoms with Crippen LogP contribution in [-0.2, 0) is 9.84 Å². The fraction of sp³-hybridized carbons (Fsp3) is 0.130. The Labute approximate surface area is 190 Å². The highest BCUT2D eigenvalue weighted by molar-refractivity contribution is 7.91. The van der Waals surface area contributed by atoms with Crippen LogP contribution < -0.4 is 14.2 Å². The predicted molar refractivity (Wildman–Crippen MR) is 120 cm³/mol. The first kappa shape index (κ1) is 22.3. The fourth-order valence-electron chi connectivity index (χ4n) is 3.31. The summed E-state index contributed by atoms with van der Waals surface area (Å²) in [4.78, 5) is 0.174. The molecule has 0 atom stereocenters. The van der Waals surface area contributed by atoms with E-state index in [1.54, 1.807) is 56.8 Å². The van der Waals surface area contributed by atoms with Crippen molar-refractivity contribution in [1.29, 1.82) is 0 Å². The summed E-state index contributed by atoms with van der Waals surface area (Å²) < 4.78 is 43.9. The maximum Gasteiger partial charge on any atom is 0.207 e. The molecule has 0 aliphatic heterocycles. The van der Waals surface area contributed by atoms with Gasteiger partial charge in [-0.3, -0.25) is 0 Å². The van der Waals surface area contributed by atoms with Gasteiger partial charge in [0.15, 0.2) is 6.79 Å². The van der Waals surface area contributed by atoms with E-state index < -0.39 is 16.6 Å². The number of hydrogen-bond donors (Lipinski definition) is 1. The van der Waals surface area contributed by atoms with E-state index in [1.165, 1.54) is 35.0 Å². The molecule has 0 radical (unpaired) electrons. The number of nitrogens with zero attached hydrogens (tertiary/aromatic N) is 3. The van der Waals surface area contributed by atoms with Gasteiger partial charge in [-0.15, -0.1) is 5.10 Å². The van der Waals surface area contributed by atoms with Crippen molar-refractivity contribution in [2.45, 2.75) is 9.79 Å². The van der Waals surface area contributed by atoms with Crippen LogP contribution in [0.1, 0.15) is 0 Å². The highest BCUT2D eigenvalue weighted by atomic mass is 32.2. The van der Waals surface area contributed by atoms with E-state index >= 15 is 0 Å². The molecule has 10 heteroatoms. The standard InChI is InChI=1S/C23H21N3O6S/c1-30-17-9-12-22(31-2)21(13-17)26-14-20(24-25-26)19-5-3-4-6-23(19)33(28,29)18-10-7-16(8-11-18)32-15-27/h3-14,27H,15H2,1-2H3. The van der Waals surface area contributed by atoms with Crippen molar-refractivity contribution in [1.82, 2.24) is 15.0 Å². The van der Waals surface area contributed by atoms with Crippen LogP contribution in [0.25, 0.3) is 16.9 Å². The van der Waals surface area contributed by atoms with Gasteiger partial charge in [0.1, 0.15) is 28.6 Å². The maximum atomic E-state index is 13.4. The number of benzene rings is 3. The lowest BCUT2D eigenvalue weighted by atomic mass is 10.2. The molecule has 4 rings (SSSR count). The van der Waals surface area contributed by atoms with E-state index in [-0.39, 0.29) is 9.79 Å². The van der Waals surface area contributed by atoms with Gasteiger partial charge in [0, 0.05) is 11.6 Å². The van der Waals surface area contributed by atoms with E-state index in [0.29, 0.717) is 34.2 Å². The first-order chi connectivity index (χ1) is 16.0. The molecule has 0 bridgehead atoms. The lowest BCUT2D eigenvalue weighted by Gasteiger charge is -2.10. The average molecular weight is 468 g/mol. The van der Waals surface area contributed by atoms with Gasteiger partial charge >= 0.3 is 0 Å². The SMILES string of the molecule is COc1ccc(OC)c(-n2cc(-c3ccccc3S(=O)(=O)c3ccc(OCO)cc3)nn2)c1. The van der Waals surface area contributed by atoms with Gasteiger partial charge < -0.3 is 19.3 Å². The van der Waals surface area contributed by atoms with Crippen molar-refractivity contribution in [2.24, 2.45) is 0 Å². The largest absolute Gasteiger partial charge is 0.497 e. The van der Waals surface area contributed by atoms with E-state index in [1.807, 2.05) is 0 Å². The van der Waals surface area contributed by atoms with Gasteiger partial charge in [0.05, 0.1) is 30.2 Å². The Bertz CT molecular complexity index is 1370. The second-order valence-corrected chi connectivity index (χ2v) is 8.75. The number of aliphatic hydroxyl groups is 1. The monoisotopic (exact) mass is 467 g/mol. The number of hydrogen-bond acceptors (Lipinski definition) is 8. The van der Waals surface area contributed by atoms with Crippen molar-refractivity contribution >= 4 is 9.84 Å². The molecule has 0 spiro atoms. The molecule has 170 valence electrons. The highest BCUT2D eigenvalue weighted by Gasteiger charge is 2.23. The van der Waals surface area contributed by atoms with Crippen LogP contribution in [0.5, 0.6) is 17.2 Å². The normalized spacial score (nSPS) is 11.2. The van der Waals surface area contributed by atoms with Crippen molar-refractivity contribution < 1.29 is 27.7 Å². The Balaban J connectivity index is 1.76. The molecule has 0 aliphatic carbocycles. The van der Waals surface area contributed by atoms with Crippen LogP contribution in [0, 0.1) is 0 Å². The topological polar surface area (TPSA) is 113 Å². The second kappa shape index (κ2) is 9.31. The summed E-state index contributed by atoms with van der Waals surface area (Å²) in [5.41, 5.74) is 1.37. The average Bonchev–Trinajstić information content (AvgIpc) is 3.34. The fourth-order valence-corrected chi connectivity index (χ4v) is 4.78. The molecule has 0 saturated carbocycles. The van der Waals surface area contributed by atoms with Crippen molar-refractivity contribution in [3.8, 4) is 34.2 Å². The molecule has 4 aromatic rings. The number of methoxy groups -OCH3 is 2. The zero-order valence-corrected chi connectivity index (χ0v) is 18.7. The maximum absolute atomic E-state index is 13.4. The molecule has 9 nitrogen and oxygen atoms in total. The first-order valence-electron chi connectivity index (χ1n) is 9.81. The molecule has 0 unspecified atom stereocenters. The van der Waals surface area contributed by atoms with Gasteiger partial charge in [0.2, 0.25) is 9.84 Å². The van der Waals surface area contributed by atoms with E-state index in [9.17, 15) is 8.42 Å². The molecule has 0 aliphatic rings. The zero-order valence-electron chi connectivity index (χ0n) is 17.9. The molecule has 1 N–H and O–H groups in total. The summed E-state index contributed by atoms with van der Waals surface area (Å²) in [5.74, 6) is 1.53. The smallest absolute Gasteiger partial charge is 0.207 e. The summed E-state index contributed by atoms with van der Waals surface area (Å²) in [6.45, 7) is -0.497. The number of aliphatic hydroxyl groups excluding tert-OH is 1. The van der Waals surface area contributed by atoms with E-state index in [2.05, 4.69) is 10.3 Å². The summed E-state index contributed by atoms with van der Waals surface area (Å²) in [6.07, 6.45) is 1.63. The van der Waals surface area contributed by atoms with Crippen LogP contribution in [-0.4, -0.2) is 49.5 Å². The Morgan fingerprint density at radius 1 is 0.939 bits per heavy atom. The molecule has 0 saturated heterocycles. The molecule has 1 aromatic heterocycles. The molecule has 0 amide bonds. The first-order valence-corrected chi connectivity index (χ1v) is 11.3. The van der Waals surface area contributed by atoms with Crippen molar-refractivity contribution in [3.05, 3.63) is 72.9 Å². The molecule has 0 fully saturated rings. The number of rotatable bonds is 8. The Morgan fingerprint density at radius 2 is 1.67 bits per heavy atom. The Morgan fingerprint density at radius 3 is 2.36 bits per heavy atom. The highest BCUT2D eigenvalue weighted by Crippen LogP contribution is 2.33. The Kier molecular flexibility index (Phi) is 6.29. The van der Waals surface area contributed by atoms with Gasteiger partial charge in [-0.1, -0.05) is 23.4 Å². The third-order valence-electron chi connectivity index (χ3n) is 4.94. The zero-order chi connectivity index (χ0) is 23.4. The van der Waals surface area contributed by atoms with Crippen LogP contribution in [0.15, 0.2) is 82.7 Å². The van der Waals surface area contributed by atoms with Gasteiger partial charge in [-0.05, 0) is 42.5 Å². The van der Waals surface area contributed by atoms with Crippen molar-refractivity contribution in [3.63, 3.8) is 0 Å². The third-order valence-corrected chi connectivity index (χ3v) is 6.77. The van der Waals surface area contributed by atoms with Gasteiger partial charge in [0.25, 0.3) is 0 Å². The minimum atomic E-state index is -3.87. The van der Waals surface area contributed by atoms with Gasteiger partial charge in [-0.2, -0.15) is 0 Å². The van der Waals surface area contributed by atoms with Crippen LogP contribution in [0.4, 0.5) is 0 Å². The van der Waals surface area contributed by atoms with Crippen LogP contribution in [0.2, 0.25) is 0 Å². The minimum absolute atomic E-state index is 0.0853. The number of ether oxygens (including phenoxy) is 3. The molecule has 1 heterocycles. The van der Waals surface area contributed by atoms with E-state index in [0.717, 1.165) is 0 Å². The Hall–Kier alpha value is -3.89. The number of aromatic nitrogens is 3. The second-order valence-electron chi connectivity index (χ2n) is 6.83. The minimum Gasteiger partial charge on any atom is -0.497 e. The van der Waals surface area contributed by atoms with Gasteiger partial charge in [-0.25, -0.2) is 13.1 Å². The lowest BCUT2D eigenvalue weighted by Crippen LogP contribution is -2.04. The summed E-state index contributed by atoms with van der Waals surface area (Å²) in [6, 6.07) is 17.7. The van der Waals surface area contributed by atoms with Crippen LogP contribution >= 0.6 is 0 Å². The third kappa shape index (κ3) is 4.38. The van der Waals surface area contributed by atoms with Crippen molar-refractivity contribution in [2.75, 3.05) is 21.0 Å². The molecular formula is C23H21N3O6S.